The van der Waals surface area contributed by atoms with Gasteiger partial charge in [-0.05, 0) is 19.4 Å². The quantitative estimate of drug-likeness (QED) is 0.906. The Morgan fingerprint density at radius 1 is 1.35 bits per heavy atom. The maximum absolute atomic E-state index is 12.6. The number of carbonyl (C=O) groups is 1. The molecule has 0 radical (unpaired) electrons. The van der Waals surface area contributed by atoms with Gasteiger partial charge < -0.3 is 10.2 Å². The van der Waals surface area contributed by atoms with E-state index in [4.69, 9.17) is 0 Å². The minimum absolute atomic E-state index is 0.155. The van der Waals surface area contributed by atoms with Crippen LogP contribution in [0.3, 0.4) is 0 Å². The van der Waals surface area contributed by atoms with Gasteiger partial charge in [0.1, 0.15) is 6.04 Å². The Morgan fingerprint density at radius 2 is 2.00 bits per heavy atom. The predicted octanol–water partition coefficient (Wildman–Crippen LogP) is 1.42. The van der Waals surface area contributed by atoms with Crippen molar-refractivity contribution in [3.05, 3.63) is 35.4 Å². The fourth-order valence-corrected chi connectivity index (χ4v) is 2.71. The molecule has 0 aromatic heterocycles. The Bertz CT molecular complexity index is 455. The van der Waals surface area contributed by atoms with Crippen LogP contribution in [0.15, 0.2) is 24.3 Å². The summed E-state index contributed by atoms with van der Waals surface area (Å²) in [6.07, 6.45) is 0. The van der Waals surface area contributed by atoms with Gasteiger partial charge in [-0.25, -0.2) is 0 Å². The van der Waals surface area contributed by atoms with Gasteiger partial charge in [-0.1, -0.05) is 29.8 Å². The van der Waals surface area contributed by atoms with Crippen molar-refractivity contribution in [2.45, 2.75) is 25.9 Å². The second kappa shape index (κ2) is 6.37. The molecule has 4 nitrogen and oxygen atoms in total. The zero-order valence-electron chi connectivity index (χ0n) is 12.9. The molecular weight excluding hydrogens is 250 g/mol. The zero-order chi connectivity index (χ0) is 14.7. The van der Waals surface area contributed by atoms with Crippen LogP contribution in [0.4, 0.5) is 0 Å². The summed E-state index contributed by atoms with van der Waals surface area (Å²) < 4.78 is 0. The lowest BCUT2D eigenvalue weighted by molar-refractivity contribution is -0.136. The molecule has 1 saturated heterocycles. The maximum atomic E-state index is 12.6. The first-order chi connectivity index (χ1) is 9.50. The highest BCUT2D eigenvalue weighted by Crippen LogP contribution is 2.26. The van der Waals surface area contributed by atoms with E-state index >= 15 is 0 Å². The molecule has 0 aliphatic carbocycles. The molecule has 0 bridgehead atoms. The molecule has 1 amide bonds. The number of aryl methyl sites for hydroxylation is 1. The van der Waals surface area contributed by atoms with Crippen molar-refractivity contribution in [1.82, 2.24) is 15.1 Å². The molecular formula is C16H25N3O. The molecule has 2 rings (SSSR count). The number of likely N-dealkylation sites (N-methyl/N-ethyl adjacent to an activating group) is 1. The SMILES string of the molecule is Cc1ccc(C(C(=O)N(C)C)N2CCNCC2C)cc1. The molecule has 1 aliphatic rings. The van der Waals surface area contributed by atoms with E-state index in [9.17, 15) is 4.79 Å². The topological polar surface area (TPSA) is 35.6 Å². The van der Waals surface area contributed by atoms with Gasteiger partial charge in [0.15, 0.2) is 0 Å². The molecule has 20 heavy (non-hydrogen) atoms. The summed E-state index contributed by atoms with van der Waals surface area (Å²) in [5.74, 6) is 0.155. The monoisotopic (exact) mass is 275 g/mol. The summed E-state index contributed by atoms with van der Waals surface area (Å²) in [6, 6.07) is 8.50. The highest BCUT2D eigenvalue weighted by atomic mass is 16.2. The Labute approximate surface area is 121 Å². The summed E-state index contributed by atoms with van der Waals surface area (Å²) in [6.45, 7) is 7.02. The average Bonchev–Trinajstić information content (AvgIpc) is 2.43. The number of nitrogens with one attached hydrogen (secondary N) is 1. The minimum Gasteiger partial charge on any atom is -0.347 e. The standard InChI is InChI=1S/C16H25N3O/c1-12-5-7-14(8-6-12)15(16(20)18(3)4)19-10-9-17-11-13(19)2/h5-8,13,15,17H,9-11H2,1-4H3. The minimum atomic E-state index is -0.178. The van der Waals surface area contributed by atoms with Crippen LogP contribution in [0.25, 0.3) is 0 Å². The van der Waals surface area contributed by atoms with E-state index in [1.807, 2.05) is 14.1 Å². The van der Waals surface area contributed by atoms with Gasteiger partial charge in [0.25, 0.3) is 0 Å². The third-order valence-corrected chi connectivity index (χ3v) is 3.95. The van der Waals surface area contributed by atoms with E-state index in [2.05, 4.69) is 48.3 Å². The molecule has 0 saturated carbocycles. The number of hydrogen-bond donors (Lipinski definition) is 1. The van der Waals surface area contributed by atoms with Crippen molar-refractivity contribution in [3.8, 4) is 0 Å². The third-order valence-electron chi connectivity index (χ3n) is 3.95. The molecule has 1 fully saturated rings. The molecule has 1 N–H and O–H groups in total. The predicted molar refractivity (Wildman–Crippen MR) is 81.7 cm³/mol. The van der Waals surface area contributed by atoms with E-state index in [0.29, 0.717) is 6.04 Å². The van der Waals surface area contributed by atoms with Crippen LogP contribution in [-0.4, -0.2) is 55.5 Å². The fraction of sp³-hybridized carbons (Fsp3) is 0.562. The van der Waals surface area contributed by atoms with E-state index in [1.54, 1.807) is 4.90 Å². The molecule has 110 valence electrons. The molecule has 1 aromatic rings. The molecule has 1 aliphatic heterocycles. The van der Waals surface area contributed by atoms with Gasteiger partial charge in [-0.2, -0.15) is 0 Å². The van der Waals surface area contributed by atoms with Crippen molar-refractivity contribution >= 4 is 5.91 Å². The van der Waals surface area contributed by atoms with Gasteiger partial charge >= 0.3 is 0 Å². The van der Waals surface area contributed by atoms with E-state index < -0.39 is 0 Å². The second-order valence-corrected chi connectivity index (χ2v) is 5.84. The van der Waals surface area contributed by atoms with Crippen molar-refractivity contribution in [3.63, 3.8) is 0 Å². The first-order valence-electron chi connectivity index (χ1n) is 7.25. The average molecular weight is 275 g/mol. The van der Waals surface area contributed by atoms with E-state index in [0.717, 1.165) is 25.2 Å². The van der Waals surface area contributed by atoms with Gasteiger partial charge in [0.05, 0.1) is 0 Å². The van der Waals surface area contributed by atoms with Gasteiger partial charge in [0.2, 0.25) is 5.91 Å². The van der Waals surface area contributed by atoms with Gasteiger partial charge in [-0.3, -0.25) is 9.69 Å². The highest BCUT2D eigenvalue weighted by Gasteiger charge is 2.33. The molecule has 4 heteroatoms. The van der Waals surface area contributed by atoms with Crippen LogP contribution in [0.2, 0.25) is 0 Å². The lowest BCUT2D eigenvalue weighted by Crippen LogP contribution is -2.54. The molecule has 2 atom stereocenters. The largest absolute Gasteiger partial charge is 0.347 e. The Morgan fingerprint density at radius 3 is 2.55 bits per heavy atom. The Kier molecular flexibility index (Phi) is 4.78. The summed E-state index contributed by atoms with van der Waals surface area (Å²) in [7, 11) is 3.66. The first-order valence-corrected chi connectivity index (χ1v) is 7.25. The summed E-state index contributed by atoms with van der Waals surface area (Å²) in [4.78, 5) is 16.6. The Balaban J connectivity index is 2.33. The van der Waals surface area contributed by atoms with Crippen LogP contribution in [0.1, 0.15) is 24.1 Å². The van der Waals surface area contributed by atoms with Crippen molar-refractivity contribution in [2.75, 3.05) is 33.7 Å². The lowest BCUT2D eigenvalue weighted by atomic mass is 10.00. The number of benzene rings is 1. The van der Waals surface area contributed by atoms with Gasteiger partial charge in [-0.15, -0.1) is 0 Å². The first kappa shape index (κ1) is 15.0. The molecule has 2 unspecified atom stereocenters. The number of hydrogen-bond acceptors (Lipinski definition) is 3. The highest BCUT2D eigenvalue weighted by molar-refractivity contribution is 5.83. The molecule has 0 spiro atoms. The second-order valence-electron chi connectivity index (χ2n) is 5.84. The number of rotatable bonds is 3. The smallest absolute Gasteiger partial charge is 0.244 e. The fourth-order valence-electron chi connectivity index (χ4n) is 2.71. The Hall–Kier alpha value is -1.39. The number of carbonyl (C=O) groups excluding carboxylic acids is 1. The van der Waals surface area contributed by atoms with E-state index in [1.165, 1.54) is 5.56 Å². The summed E-state index contributed by atoms with van der Waals surface area (Å²) in [5.41, 5.74) is 2.31. The van der Waals surface area contributed by atoms with Gasteiger partial charge in [0, 0.05) is 39.8 Å². The van der Waals surface area contributed by atoms with Crippen molar-refractivity contribution < 1.29 is 4.79 Å². The van der Waals surface area contributed by atoms with Crippen LogP contribution in [-0.2, 0) is 4.79 Å². The number of piperazine rings is 1. The van der Waals surface area contributed by atoms with Crippen LogP contribution in [0.5, 0.6) is 0 Å². The van der Waals surface area contributed by atoms with Crippen LogP contribution >= 0.6 is 0 Å². The van der Waals surface area contributed by atoms with E-state index in [-0.39, 0.29) is 11.9 Å². The van der Waals surface area contributed by atoms with Crippen molar-refractivity contribution in [2.24, 2.45) is 0 Å². The number of nitrogens with zero attached hydrogens (tertiary/aromatic N) is 2. The lowest BCUT2D eigenvalue weighted by Gasteiger charge is -2.40. The maximum Gasteiger partial charge on any atom is 0.244 e. The normalized spacial score (nSPS) is 21.5. The molecule has 1 heterocycles. The number of amides is 1. The van der Waals surface area contributed by atoms with Crippen molar-refractivity contribution in [1.29, 1.82) is 0 Å². The van der Waals surface area contributed by atoms with Crippen LogP contribution in [0, 0.1) is 6.92 Å². The van der Waals surface area contributed by atoms with Crippen LogP contribution < -0.4 is 5.32 Å². The summed E-state index contributed by atoms with van der Waals surface area (Å²) >= 11 is 0. The molecule has 1 aromatic carbocycles. The third kappa shape index (κ3) is 3.19. The zero-order valence-corrected chi connectivity index (χ0v) is 12.9. The summed E-state index contributed by atoms with van der Waals surface area (Å²) in [5, 5.41) is 3.38.